The van der Waals surface area contributed by atoms with E-state index in [9.17, 15) is 13.2 Å². The van der Waals surface area contributed by atoms with Crippen molar-refractivity contribution < 1.29 is 13.2 Å². The maximum atomic E-state index is 12.3. The van der Waals surface area contributed by atoms with Crippen LogP contribution in [0.4, 0.5) is 0 Å². The van der Waals surface area contributed by atoms with Crippen LogP contribution in [0.5, 0.6) is 0 Å². The van der Waals surface area contributed by atoms with Crippen LogP contribution in [0.3, 0.4) is 0 Å². The third-order valence-electron chi connectivity index (χ3n) is 2.83. The molecule has 0 aromatic carbocycles. The second kappa shape index (κ2) is 6.00. The van der Waals surface area contributed by atoms with E-state index < -0.39 is 10.0 Å². The van der Waals surface area contributed by atoms with Gasteiger partial charge in [-0.25, -0.2) is 18.1 Å². The highest BCUT2D eigenvalue weighted by atomic mass is 35.5. The maximum Gasteiger partial charge on any atom is 0.259 e. The SMILES string of the molecule is CN(C)C(=O)CCNS(=O)(=O)c1c(Cl)nc2ccccn12. The molecule has 0 radical (unpaired) electrons. The molecule has 2 rings (SSSR count). The summed E-state index contributed by atoms with van der Waals surface area (Å²) >= 11 is 5.92. The molecule has 1 amide bonds. The van der Waals surface area contributed by atoms with Crippen molar-refractivity contribution in [2.24, 2.45) is 0 Å². The highest BCUT2D eigenvalue weighted by Crippen LogP contribution is 2.22. The quantitative estimate of drug-likeness (QED) is 0.876. The predicted octanol–water partition coefficient (Wildman–Crippen LogP) is 0.744. The summed E-state index contributed by atoms with van der Waals surface area (Å²) in [5, 5.41) is -0.232. The van der Waals surface area contributed by atoms with Crippen molar-refractivity contribution in [2.45, 2.75) is 11.4 Å². The normalized spacial score (nSPS) is 11.8. The molecule has 0 spiro atoms. The Kier molecular flexibility index (Phi) is 4.50. The Balaban J connectivity index is 2.22. The van der Waals surface area contributed by atoms with Gasteiger partial charge in [-0.2, -0.15) is 0 Å². The maximum absolute atomic E-state index is 12.3. The molecule has 2 heterocycles. The van der Waals surface area contributed by atoms with Gasteiger partial charge in [-0.1, -0.05) is 17.7 Å². The third kappa shape index (κ3) is 3.34. The van der Waals surface area contributed by atoms with E-state index in [0.717, 1.165) is 0 Å². The molecule has 0 bridgehead atoms. The average molecular weight is 331 g/mol. The van der Waals surface area contributed by atoms with Crippen LogP contribution >= 0.6 is 11.6 Å². The Hall–Kier alpha value is -1.64. The van der Waals surface area contributed by atoms with E-state index in [1.165, 1.54) is 9.30 Å². The second-order valence-electron chi connectivity index (χ2n) is 4.57. The summed E-state index contributed by atoms with van der Waals surface area (Å²) in [6, 6.07) is 5.07. The molecule has 7 nitrogen and oxygen atoms in total. The van der Waals surface area contributed by atoms with Crippen LogP contribution in [0.15, 0.2) is 29.4 Å². The standard InChI is InChI=1S/C12H15ClN4O3S/c1-16(2)10(18)6-7-14-21(19,20)12-11(13)15-9-5-3-4-8-17(9)12/h3-5,8,14H,6-7H2,1-2H3. The summed E-state index contributed by atoms with van der Waals surface area (Å²) < 4.78 is 28.3. The molecule has 2 aromatic rings. The summed E-state index contributed by atoms with van der Waals surface area (Å²) in [5.41, 5.74) is 0.437. The number of amides is 1. The largest absolute Gasteiger partial charge is 0.349 e. The number of carbonyl (C=O) groups is 1. The van der Waals surface area contributed by atoms with E-state index in [2.05, 4.69) is 9.71 Å². The summed E-state index contributed by atoms with van der Waals surface area (Å²) in [7, 11) is -0.629. The van der Waals surface area contributed by atoms with Crippen LogP contribution in [0.1, 0.15) is 6.42 Å². The number of pyridine rings is 1. The lowest BCUT2D eigenvalue weighted by Gasteiger charge is -2.10. The minimum atomic E-state index is -3.85. The van der Waals surface area contributed by atoms with Crippen LogP contribution in [-0.2, 0) is 14.8 Å². The van der Waals surface area contributed by atoms with Crippen molar-refractivity contribution in [3.63, 3.8) is 0 Å². The van der Waals surface area contributed by atoms with E-state index in [1.807, 2.05) is 0 Å². The smallest absolute Gasteiger partial charge is 0.259 e. The first kappa shape index (κ1) is 15.7. The minimum Gasteiger partial charge on any atom is -0.349 e. The lowest BCUT2D eigenvalue weighted by Crippen LogP contribution is -2.31. The number of halogens is 1. The molecule has 0 atom stereocenters. The molecular formula is C12H15ClN4O3S. The number of sulfonamides is 1. The first-order valence-corrected chi connectivity index (χ1v) is 8.01. The Morgan fingerprint density at radius 3 is 2.81 bits per heavy atom. The van der Waals surface area contributed by atoms with Crippen LogP contribution in [-0.4, -0.2) is 49.2 Å². The van der Waals surface area contributed by atoms with Gasteiger partial charge in [-0.3, -0.25) is 9.20 Å². The zero-order chi connectivity index (χ0) is 15.6. The highest BCUT2D eigenvalue weighted by molar-refractivity contribution is 7.89. The van der Waals surface area contributed by atoms with Crippen LogP contribution in [0, 0.1) is 0 Å². The van der Waals surface area contributed by atoms with Gasteiger partial charge in [0.2, 0.25) is 5.91 Å². The fourth-order valence-corrected chi connectivity index (χ4v) is 3.44. The first-order chi connectivity index (χ1) is 9.83. The van der Waals surface area contributed by atoms with Gasteiger partial charge in [-0.15, -0.1) is 0 Å². The van der Waals surface area contributed by atoms with E-state index >= 15 is 0 Å². The minimum absolute atomic E-state index is 0.00422. The Labute approximate surface area is 127 Å². The average Bonchev–Trinajstić information content (AvgIpc) is 2.74. The number of hydrogen-bond acceptors (Lipinski definition) is 4. The summed E-state index contributed by atoms with van der Waals surface area (Å²) in [6.45, 7) is -0.00422. The monoisotopic (exact) mass is 330 g/mol. The number of fused-ring (bicyclic) bond motifs is 1. The van der Waals surface area contributed by atoms with Crippen molar-refractivity contribution in [1.82, 2.24) is 19.0 Å². The topological polar surface area (TPSA) is 83.8 Å². The van der Waals surface area contributed by atoms with E-state index in [0.29, 0.717) is 5.65 Å². The van der Waals surface area contributed by atoms with Gasteiger partial charge >= 0.3 is 0 Å². The molecule has 114 valence electrons. The van der Waals surface area contributed by atoms with Crippen molar-refractivity contribution in [3.05, 3.63) is 29.5 Å². The second-order valence-corrected chi connectivity index (χ2v) is 6.61. The van der Waals surface area contributed by atoms with Crippen LogP contribution in [0.25, 0.3) is 5.65 Å². The Morgan fingerprint density at radius 1 is 1.43 bits per heavy atom. The van der Waals surface area contributed by atoms with Crippen molar-refractivity contribution in [3.8, 4) is 0 Å². The molecule has 0 aliphatic heterocycles. The van der Waals surface area contributed by atoms with Crippen LogP contribution < -0.4 is 4.72 Å². The first-order valence-electron chi connectivity index (χ1n) is 6.15. The number of imidazole rings is 1. The fourth-order valence-electron chi connectivity index (χ4n) is 1.77. The zero-order valence-electron chi connectivity index (χ0n) is 11.6. The van der Waals surface area contributed by atoms with Crippen molar-refractivity contribution in [2.75, 3.05) is 20.6 Å². The van der Waals surface area contributed by atoms with Gasteiger partial charge < -0.3 is 4.90 Å². The number of hydrogen-bond donors (Lipinski definition) is 1. The molecule has 1 N–H and O–H groups in total. The molecule has 2 aromatic heterocycles. The summed E-state index contributed by atoms with van der Waals surface area (Å²) in [4.78, 5) is 16.8. The van der Waals surface area contributed by atoms with Gasteiger partial charge in [0, 0.05) is 33.3 Å². The molecule has 0 saturated carbocycles. The van der Waals surface area contributed by atoms with Gasteiger partial charge in [0.05, 0.1) is 0 Å². The van der Waals surface area contributed by atoms with Gasteiger partial charge in [0.25, 0.3) is 10.0 Å². The predicted molar refractivity (Wildman–Crippen MR) is 78.7 cm³/mol. The van der Waals surface area contributed by atoms with E-state index in [4.69, 9.17) is 11.6 Å². The number of aromatic nitrogens is 2. The van der Waals surface area contributed by atoms with E-state index in [-0.39, 0.29) is 29.1 Å². The van der Waals surface area contributed by atoms with Crippen LogP contribution in [0.2, 0.25) is 5.15 Å². The number of nitrogens with zero attached hydrogens (tertiary/aromatic N) is 3. The Bertz CT molecular complexity index is 770. The van der Waals surface area contributed by atoms with Crippen molar-refractivity contribution in [1.29, 1.82) is 0 Å². The van der Waals surface area contributed by atoms with E-state index in [1.54, 1.807) is 38.5 Å². The number of carbonyl (C=O) groups excluding carboxylic acids is 1. The molecule has 0 aliphatic rings. The molecule has 0 unspecified atom stereocenters. The highest BCUT2D eigenvalue weighted by Gasteiger charge is 2.24. The molecule has 0 fully saturated rings. The Morgan fingerprint density at radius 2 is 2.14 bits per heavy atom. The fraction of sp³-hybridized carbons (Fsp3) is 0.333. The van der Waals surface area contributed by atoms with Crippen molar-refractivity contribution >= 4 is 33.2 Å². The number of nitrogens with one attached hydrogen (secondary N) is 1. The molecule has 21 heavy (non-hydrogen) atoms. The van der Waals surface area contributed by atoms with Gasteiger partial charge in [-0.05, 0) is 12.1 Å². The van der Waals surface area contributed by atoms with Gasteiger partial charge in [0.15, 0.2) is 10.2 Å². The summed E-state index contributed by atoms with van der Waals surface area (Å²) in [5.74, 6) is -0.165. The molecule has 0 saturated heterocycles. The molecule has 0 aliphatic carbocycles. The molecular weight excluding hydrogens is 316 g/mol. The molecule has 9 heteroatoms. The summed E-state index contributed by atoms with van der Waals surface area (Å²) in [6.07, 6.45) is 1.63. The number of rotatable bonds is 5. The zero-order valence-corrected chi connectivity index (χ0v) is 13.1. The lowest BCUT2D eigenvalue weighted by atomic mass is 10.4. The lowest BCUT2D eigenvalue weighted by molar-refractivity contribution is -0.128. The van der Waals surface area contributed by atoms with Gasteiger partial charge in [0.1, 0.15) is 5.65 Å². The third-order valence-corrected chi connectivity index (χ3v) is 4.69.